The van der Waals surface area contributed by atoms with Crippen LogP contribution in [0.4, 0.5) is 0 Å². The molecule has 0 fully saturated rings. The topological polar surface area (TPSA) is 57.4 Å². The molecule has 3 aromatic rings. The first-order chi connectivity index (χ1) is 8.36. The number of aromatic amines is 2. The number of hydrogen-bond donors (Lipinski definition) is 2. The van der Waals surface area contributed by atoms with Crippen LogP contribution in [0.15, 0.2) is 55.0 Å². The average Bonchev–Trinajstić information content (AvgIpc) is 3.04. The first-order valence-electron chi connectivity index (χ1n) is 5.37. The van der Waals surface area contributed by atoms with Gasteiger partial charge < -0.3 is 4.98 Å². The predicted molar refractivity (Wildman–Crippen MR) is 67.3 cm³/mol. The van der Waals surface area contributed by atoms with Crippen LogP contribution < -0.4 is 0 Å². The molecule has 4 heteroatoms. The number of rotatable bonds is 1. The van der Waals surface area contributed by atoms with Gasteiger partial charge in [-0.05, 0) is 13.0 Å². The molecule has 0 saturated heterocycles. The fourth-order valence-electron chi connectivity index (χ4n) is 1.37. The number of hydrogen-bond acceptors (Lipinski definition) is 2. The zero-order valence-electron chi connectivity index (χ0n) is 9.59. The van der Waals surface area contributed by atoms with Crippen LogP contribution in [0.3, 0.4) is 0 Å². The zero-order valence-corrected chi connectivity index (χ0v) is 9.59. The third-order valence-electron chi connectivity index (χ3n) is 2.16. The van der Waals surface area contributed by atoms with E-state index < -0.39 is 0 Å². The molecule has 0 aliphatic rings. The summed E-state index contributed by atoms with van der Waals surface area (Å²) in [6.45, 7) is 2.00. The molecule has 0 amide bonds. The minimum atomic E-state index is 0.938. The van der Waals surface area contributed by atoms with E-state index in [4.69, 9.17) is 0 Å². The standard InChI is InChI=1S/C10H10N2.C3H4N2/c1-8-7-11-10(12-8)9-5-3-2-4-6-9;1-2-4-5-3-1/h2-7H,1H3,(H,11,12);1-3H,(H,4,5). The Morgan fingerprint density at radius 3 is 2.35 bits per heavy atom. The molecule has 4 nitrogen and oxygen atoms in total. The van der Waals surface area contributed by atoms with Gasteiger partial charge in [0.25, 0.3) is 0 Å². The summed E-state index contributed by atoms with van der Waals surface area (Å²) in [6.07, 6.45) is 5.29. The van der Waals surface area contributed by atoms with Crippen LogP contribution in [-0.2, 0) is 0 Å². The van der Waals surface area contributed by atoms with Gasteiger partial charge in [0.2, 0.25) is 0 Å². The minimum absolute atomic E-state index is 0.938. The van der Waals surface area contributed by atoms with Gasteiger partial charge >= 0.3 is 0 Å². The molecule has 2 aromatic heterocycles. The number of aryl methyl sites for hydroxylation is 1. The maximum absolute atomic E-state index is 4.23. The molecule has 3 rings (SSSR count). The lowest BCUT2D eigenvalue weighted by molar-refractivity contribution is 1.09. The number of nitrogens with zero attached hydrogens (tertiary/aromatic N) is 2. The summed E-state index contributed by atoms with van der Waals surface area (Å²) in [6, 6.07) is 11.9. The molecule has 0 bridgehead atoms. The van der Waals surface area contributed by atoms with E-state index in [1.165, 1.54) is 0 Å². The van der Waals surface area contributed by atoms with E-state index in [-0.39, 0.29) is 0 Å². The van der Waals surface area contributed by atoms with Gasteiger partial charge in [-0.3, -0.25) is 5.10 Å². The van der Waals surface area contributed by atoms with Crippen molar-refractivity contribution in [2.24, 2.45) is 0 Å². The van der Waals surface area contributed by atoms with Gasteiger partial charge in [-0.25, -0.2) is 4.98 Å². The summed E-state index contributed by atoms with van der Waals surface area (Å²) < 4.78 is 0. The van der Waals surface area contributed by atoms with E-state index >= 15 is 0 Å². The lowest BCUT2D eigenvalue weighted by Crippen LogP contribution is -1.78. The average molecular weight is 226 g/mol. The molecule has 0 saturated carbocycles. The van der Waals surface area contributed by atoms with Crippen molar-refractivity contribution in [3.05, 3.63) is 60.7 Å². The predicted octanol–water partition coefficient (Wildman–Crippen LogP) is 2.79. The molecule has 0 radical (unpaired) electrons. The van der Waals surface area contributed by atoms with Gasteiger partial charge in [-0.15, -0.1) is 0 Å². The third kappa shape index (κ3) is 3.31. The van der Waals surface area contributed by atoms with Crippen LogP contribution in [0, 0.1) is 6.92 Å². The van der Waals surface area contributed by atoms with E-state index in [1.54, 1.807) is 12.4 Å². The van der Waals surface area contributed by atoms with Crippen molar-refractivity contribution >= 4 is 0 Å². The van der Waals surface area contributed by atoms with E-state index in [1.807, 2.05) is 49.5 Å². The molecule has 0 unspecified atom stereocenters. The lowest BCUT2D eigenvalue weighted by atomic mass is 10.2. The Balaban J connectivity index is 0.000000181. The highest BCUT2D eigenvalue weighted by atomic mass is 15.1. The molecule has 0 aliphatic carbocycles. The van der Waals surface area contributed by atoms with Gasteiger partial charge in [0.1, 0.15) is 5.82 Å². The second-order valence-corrected chi connectivity index (χ2v) is 3.55. The Kier molecular flexibility index (Phi) is 3.70. The van der Waals surface area contributed by atoms with E-state index in [2.05, 4.69) is 20.2 Å². The quantitative estimate of drug-likeness (QED) is 0.670. The summed E-state index contributed by atoms with van der Waals surface area (Å²) in [5.74, 6) is 0.938. The van der Waals surface area contributed by atoms with Crippen molar-refractivity contribution in [3.63, 3.8) is 0 Å². The van der Waals surface area contributed by atoms with Crippen molar-refractivity contribution < 1.29 is 0 Å². The van der Waals surface area contributed by atoms with E-state index in [0.717, 1.165) is 17.1 Å². The smallest absolute Gasteiger partial charge is 0.137 e. The van der Waals surface area contributed by atoms with Crippen molar-refractivity contribution in [2.75, 3.05) is 0 Å². The zero-order chi connectivity index (χ0) is 11.9. The summed E-state index contributed by atoms with van der Waals surface area (Å²) in [5, 5.41) is 6.21. The van der Waals surface area contributed by atoms with Crippen LogP contribution in [0.1, 0.15) is 5.69 Å². The summed E-state index contributed by atoms with van der Waals surface area (Å²) in [7, 11) is 0. The second kappa shape index (κ2) is 5.65. The van der Waals surface area contributed by atoms with Crippen LogP contribution in [0.5, 0.6) is 0 Å². The number of imidazole rings is 1. The molecule has 0 spiro atoms. The monoisotopic (exact) mass is 226 g/mol. The van der Waals surface area contributed by atoms with Crippen molar-refractivity contribution in [2.45, 2.75) is 6.92 Å². The molecule has 86 valence electrons. The van der Waals surface area contributed by atoms with Crippen LogP contribution in [0.2, 0.25) is 0 Å². The third-order valence-corrected chi connectivity index (χ3v) is 2.16. The van der Waals surface area contributed by atoms with Crippen molar-refractivity contribution in [1.82, 2.24) is 20.2 Å². The fraction of sp³-hybridized carbons (Fsp3) is 0.0769. The molecule has 0 aliphatic heterocycles. The lowest BCUT2D eigenvalue weighted by Gasteiger charge is -1.93. The van der Waals surface area contributed by atoms with Gasteiger partial charge in [0.15, 0.2) is 0 Å². The Morgan fingerprint density at radius 2 is 1.88 bits per heavy atom. The van der Waals surface area contributed by atoms with Crippen molar-refractivity contribution in [1.29, 1.82) is 0 Å². The highest BCUT2D eigenvalue weighted by molar-refractivity contribution is 5.54. The summed E-state index contributed by atoms with van der Waals surface area (Å²) in [5.41, 5.74) is 2.22. The molecular weight excluding hydrogens is 212 g/mol. The molecule has 2 N–H and O–H groups in total. The highest BCUT2D eigenvalue weighted by Crippen LogP contribution is 2.13. The number of aromatic nitrogens is 4. The van der Waals surface area contributed by atoms with Crippen molar-refractivity contribution in [3.8, 4) is 11.4 Å². The second-order valence-electron chi connectivity index (χ2n) is 3.55. The van der Waals surface area contributed by atoms with Crippen LogP contribution >= 0.6 is 0 Å². The molecule has 2 heterocycles. The SMILES string of the molecule is Cc1cnc(-c2ccccc2)[nH]1.c1cn[nH]c1. The Hall–Kier alpha value is -2.36. The molecule has 0 atom stereocenters. The maximum atomic E-state index is 4.23. The number of nitrogens with one attached hydrogen (secondary N) is 2. The molecular formula is C13H14N4. The minimum Gasteiger partial charge on any atom is -0.342 e. The van der Waals surface area contributed by atoms with E-state index in [9.17, 15) is 0 Å². The number of H-pyrrole nitrogens is 2. The summed E-state index contributed by atoms with van der Waals surface area (Å²) >= 11 is 0. The summed E-state index contributed by atoms with van der Waals surface area (Å²) in [4.78, 5) is 7.41. The Morgan fingerprint density at radius 1 is 1.06 bits per heavy atom. The van der Waals surface area contributed by atoms with Gasteiger partial charge in [0.05, 0.1) is 0 Å². The normalized spacial score (nSPS) is 9.47. The fourth-order valence-corrected chi connectivity index (χ4v) is 1.37. The Labute approximate surface area is 99.7 Å². The maximum Gasteiger partial charge on any atom is 0.137 e. The van der Waals surface area contributed by atoms with Crippen LogP contribution in [-0.4, -0.2) is 20.2 Å². The van der Waals surface area contributed by atoms with Gasteiger partial charge in [-0.1, -0.05) is 30.3 Å². The van der Waals surface area contributed by atoms with Crippen LogP contribution in [0.25, 0.3) is 11.4 Å². The first kappa shape index (κ1) is 11.1. The van der Waals surface area contributed by atoms with E-state index in [0.29, 0.717) is 0 Å². The largest absolute Gasteiger partial charge is 0.342 e. The van der Waals surface area contributed by atoms with Gasteiger partial charge in [-0.2, -0.15) is 5.10 Å². The molecule has 17 heavy (non-hydrogen) atoms. The first-order valence-corrected chi connectivity index (χ1v) is 5.37. The van der Waals surface area contributed by atoms with Gasteiger partial charge in [0, 0.05) is 29.8 Å². The highest BCUT2D eigenvalue weighted by Gasteiger charge is 1.98. The number of benzene rings is 1. The molecule has 1 aromatic carbocycles. The Bertz CT molecular complexity index is 508.